The van der Waals surface area contributed by atoms with Gasteiger partial charge in [0.15, 0.2) is 11.9 Å². The second-order valence-corrected chi connectivity index (χ2v) is 13.0. The summed E-state index contributed by atoms with van der Waals surface area (Å²) in [7, 11) is 1.43. The van der Waals surface area contributed by atoms with Crippen LogP contribution in [0.1, 0.15) is 52.9 Å². The predicted octanol–water partition coefficient (Wildman–Crippen LogP) is 1.27. The third-order valence-corrected chi connectivity index (χ3v) is 11.2. The zero-order chi connectivity index (χ0) is 29.7. The van der Waals surface area contributed by atoms with Gasteiger partial charge in [-0.15, -0.1) is 0 Å². The number of ether oxygens (including phenoxy) is 8. The normalized spacial score (nSPS) is 51.8. The van der Waals surface area contributed by atoms with E-state index in [1.165, 1.54) is 20.1 Å². The van der Waals surface area contributed by atoms with Crippen molar-refractivity contribution in [3.63, 3.8) is 0 Å². The summed E-state index contributed by atoms with van der Waals surface area (Å²) in [4.78, 5) is 39.0. The van der Waals surface area contributed by atoms with E-state index < -0.39 is 76.2 Å². The molecule has 5 heterocycles. The molecular formula is C30H38O12. The van der Waals surface area contributed by atoms with E-state index in [4.69, 9.17) is 37.9 Å². The predicted molar refractivity (Wildman–Crippen MR) is 140 cm³/mol. The summed E-state index contributed by atoms with van der Waals surface area (Å²) in [5.74, 6) is -3.01. The Kier molecular flexibility index (Phi) is 6.31. The van der Waals surface area contributed by atoms with Crippen molar-refractivity contribution in [2.75, 3.05) is 26.9 Å². The Morgan fingerprint density at radius 2 is 1.93 bits per heavy atom. The van der Waals surface area contributed by atoms with E-state index in [9.17, 15) is 19.5 Å². The molecule has 7 rings (SSSR count). The van der Waals surface area contributed by atoms with Crippen molar-refractivity contribution in [3.05, 3.63) is 23.8 Å². The molecule has 230 valence electrons. The van der Waals surface area contributed by atoms with Crippen LogP contribution >= 0.6 is 0 Å². The zero-order valence-corrected chi connectivity index (χ0v) is 24.3. The summed E-state index contributed by atoms with van der Waals surface area (Å²) in [6.07, 6.45) is 2.13. The van der Waals surface area contributed by atoms with Crippen LogP contribution in [0.25, 0.3) is 0 Å². The maximum atomic E-state index is 13.7. The lowest BCUT2D eigenvalue weighted by molar-refractivity contribution is -0.308. The number of cyclic esters (lactones) is 1. The second kappa shape index (κ2) is 9.33. The van der Waals surface area contributed by atoms with Gasteiger partial charge in [-0.1, -0.05) is 19.1 Å². The number of carbonyl (C=O) groups excluding carboxylic acids is 3. The van der Waals surface area contributed by atoms with E-state index >= 15 is 0 Å². The van der Waals surface area contributed by atoms with Gasteiger partial charge in [0.2, 0.25) is 0 Å². The van der Waals surface area contributed by atoms with Crippen LogP contribution in [0.5, 0.6) is 0 Å². The molecule has 5 fully saturated rings. The monoisotopic (exact) mass is 590 g/mol. The molecule has 1 N–H and O–H groups in total. The Balaban J connectivity index is 1.30. The first-order valence-electron chi connectivity index (χ1n) is 14.7. The van der Waals surface area contributed by atoms with Crippen molar-refractivity contribution in [2.24, 2.45) is 10.8 Å². The molecule has 42 heavy (non-hydrogen) atoms. The summed E-state index contributed by atoms with van der Waals surface area (Å²) in [6, 6.07) is 0. The number of aliphatic hydroxyl groups is 1. The van der Waals surface area contributed by atoms with Crippen molar-refractivity contribution in [1.29, 1.82) is 0 Å². The van der Waals surface area contributed by atoms with Crippen LogP contribution < -0.4 is 0 Å². The fourth-order valence-corrected chi connectivity index (χ4v) is 8.66. The smallest absolute Gasteiger partial charge is 0.338 e. The van der Waals surface area contributed by atoms with E-state index in [0.717, 1.165) is 5.57 Å². The largest absolute Gasteiger partial charge is 0.463 e. The molecule has 0 amide bonds. The number of aliphatic hydroxyl groups excluding tert-OH is 1. The summed E-state index contributed by atoms with van der Waals surface area (Å²) < 4.78 is 48.2. The van der Waals surface area contributed by atoms with Gasteiger partial charge in [-0.2, -0.15) is 0 Å². The van der Waals surface area contributed by atoms with Crippen molar-refractivity contribution in [3.8, 4) is 0 Å². The van der Waals surface area contributed by atoms with Gasteiger partial charge in [0, 0.05) is 45.8 Å². The summed E-state index contributed by atoms with van der Waals surface area (Å²) >= 11 is 0. The molecule has 4 saturated heterocycles. The zero-order valence-electron chi connectivity index (χ0n) is 24.3. The lowest BCUT2D eigenvalue weighted by Gasteiger charge is -2.59. The second-order valence-electron chi connectivity index (χ2n) is 13.0. The van der Waals surface area contributed by atoms with Crippen LogP contribution in [0.4, 0.5) is 0 Å². The van der Waals surface area contributed by atoms with E-state index in [2.05, 4.69) is 0 Å². The molecule has 11 atom stereocenters. The maximum absolute atomic E-state index is 13.7. The number of fused-ring (bicyclic) bond motifs is 1. The van der Waals surface area contributed by atoms with Crippen molar-refractivity contribution in [1.82, 2.24) is 0 Å². The summed E-state index contributed by atoms with van der Waals surface area (Å²) in [6.45, 7) is 5.72. The standard InChI is InChI=1S/C30H38O12/c1-16-11-20-27(13-18(16)39-17(2)31)14-36-24(33)23-28(42-23)9-10-37-30(35-4,25(28)34)8-6-5-7-22(32)41-19-12-21(40-20)29(15-38-29)26(19,27)3/h5,7,11,18-21,23,25,34H,6,8-10,12-15H2,1-4H3/b7-5-/t18-,19+,20+,21+,23+,25+,26+,27+,28-,29-,30-/m0/s1. The minimum atomic E-state index is -1.42. The number of esters is 3. The topological polar surface area (TPSA) is 152 Å². The number of epoxide rings is 2. The molecule has 2 aliphatic carbocycles. The van der Waals surface area contributed by atoms with Crippen LogP contribution in [0.2, 0.25) is 0 Å². The minimum absolute atomic E-state index is 0.131. The Hall–Kier alpha value is -2.35. The number of methoxy groups -OCH3 is 1. The number of rotatable bonds is 2. The first-order chi connectivity index (χ1) is 20.0. The molecule has 12 heteroatoms. The molecule has 5 aliphatic heterocycles. The number of allylic oxidation sites excluding steroid dienone is 1. The van der Waals surface area contributed by atoms with Gasteiger partial charge >= 0.3 is 17.9 Å². The van der Waals surface area contributed by atoms with Crippen molar-refractivity contribution in [2.45, 2.75) is 106 Å². The van der Waals surface area contributed by atoms with Gasteiger partial charge in [-0.3, -0.25) is 4.79 Å². The van der Waals surface area contributed by atoms with E-state index in [-0.39, 0.29) is 38.6 Å². The van der Waals surface area contributed by atoms with Crippen LogP contribution in [-0.2, 0) is 52.3 Å². The third-order valence-electron chi connectivity index (χ3n) is 11.2. The van der Waals surface area contributed by atoms with Gasteiger partial charge in [-0.25, -0.2) is 9.59 Å². The Morgan fingerprint density at radius 3 is 2.64 bits per heavy atom. The van der Waals surface area contributed by atoms with Crippen LogP contribution in [-0.4, -0.2) is 104 Å². The Bertz CT molecular complexity index is 1260. The lowest BCUT2D eigenvalue weighted by Crippen LogP contribution is -2.68. The Labute approximate surface area is 243 Å². The molecule has 1 saturated carbocycles. The average Bonchev–Trinajstić information content (AvgIpc) is 3.86. The number of hydrogen-bond acceptors (Lipinski definition) is 12. The molecule has 7 aliphatic rings. The van der Waals surface area contributed by atoms with Gasteiger partial charge in [0.05, 0.1) is 36.3 Å². The molecule has 0 aromatic heterocycles. The highest BCUT2D eigenvalue weighted by molar-refractivity contribution is 5.82. The quantitative estimate of drug-likeness (QED) is 0.213. The highest BCUT2D eigenvalue weighted by Gasteiger charge is 2.84. The number of hydrogen-bond donors (Lipinski definition) is 1. The fraction of sp³-hybridized carbons (Fsp3) is 0.767. The molecule has 0 aromatic rings. The van der Waals surface area contributed by atoms with Gasteiger partial charge in [0.1, 0.15) is 36.1 Å². The summed E-state index contributed by atoms with van der Waals surface area (Å²) in [5, 5.41) is 11.4. The SMILES string of the molecule is CO[C@@]12CC/C=C\C(=O)O[C@@H]3C[C@H]4O[C@@H]5C=C(C)[C@@H](OC(C)=O)C[C@]5(COC(=O)[C@H]5O[C@]5(CCO1)[C@H]2O)[C@]3(C)[C@]41CO1. The molecule has 3 spiro atoms. The van der Waals surface area contributed by atoms with Crippen molar-refractivity contribution >= 4 is 17.9 Å². The third kappa shape index (κ3) is 3.65. The van der Waals surface area contributed by atoms with E-state index in [1.54, 1.807) is 6.08 Å². The van der Waals surface area contributed by atoms with Crippen LogP contribution in [0, 0.1) is 10.8 Å². The lowest BCUT2D eigenvalue weighted by atomic mass is 9.51. The molecular weight excluding hydrogens is 552 g/mol. The molecule has 12 nitrogen and oxygen atoms in total. The first-order valence-corrected chi connectivity index (χ1v) is 14.7. The highest BCUT2D eigenvalue weighted by atomic mass is 16.7. The van der Waals surface area contributed by atoms with Crippen molar-refractivity contribution < 1.29 is 57.4 Å². The first kappa shape index (κ1) is 28.4. The maximum Gasteiger partial charge on any atom is 0.338 e. The summed E-state index contributed by atoms with van der Waals surface area (Å²) in [5.41, 5.74) is -2.96. The molecule has 0 radical (unpaired) electrons. The molecule has 4 bridgehead atoms. The van der Waals surface area contributed by atoms with Gasteiger partial charge < -0.3 is 43.0 Å². The fourth-order valence-electron chi connectivity index (χ4n) is 8.66. The average molecular weight is 591 g/mol. The van der Waals surface area contributed by atoms with Gasteiger partial charge in [0.25, 0.3) is 0 Å². The highest BCUT2D eigenvalue weighted by Crippen LogP contribution is 2.72. The van der Waals surface area contributed by atoms with Crippen LogP contribution in [0.15, 0.2) is 23.8 Å². The molecule has 0 aromatic carbocycles. The number of carbonyl (C=O) groups is 3. The van der Waals surface area contributed by atoms with Crippen LogP contribution in [0.3, 0.4) is 0 Å². The minimum Gasteiger partial charge on any atom is -0.463 e. The van der Waals surface area contributed by atoms with Gasteiger partial charge in [-0.05, 0) is 18.9 Å². The van der Waals surface area contributed by atoms with E-state index in [1.807, 2.05) is 19.9 Å². The molecule has 0 unspecified atom stereocenters. The van der Waals surface area contributed by atoms with E-state index in [0.29, 0.717) is 19.4 Å². The Morgan fingerprint density at radius 1 is 1.14 bits per heavy atom.